The van der Waals surface area contributed by atoms with Crippen molar-refractivity contribution < 1.29 is 19.2 Å². The summed E-state index contributed by atoms with van der Waals surface area (Å²) in [5.74, 6) is 1.47. The molecule has 2 amide bonds. The molecule has 4 rings (SSSR count). The number of aromatic nitrogens is 1. The third-order valence-electron chi connectivity index (χ3n) is 4.61. The monoisotopic (exact) mass is 329 g/mol. The molecular weight excluding hydrogens is 310 g/mol. The maximum atomic E-state index is 12.4. The van der Waals surface area contributed by atoms with E-state index in [1.807, 2.05) is 6.07 Å². The number of aromatic hydroxyl groups is 1. The number of anilines is 1. The van der Waals surface area contributed by atoms with E-state index in [0.29, 0.717) is 31.2 Å². The summed E-state index contributed by atoms with van der Waals surface area (Å²) < 4.78 is 10.6. The first-order valence-electron chi connectivity index (χ1n) is 8.16. The second-order valence-electron chi connectivity index (χ2n) is 6.12. The zero-order valence-electron chi connectivity index (χ0n) is 13.2. The topological polar surface area (TPSA) is 96.6 Å². The van der Waals surface area contributed by atoms with E-state index in [0.717, 1.165) is 41.7 Å². The standard InChI is InChI=1S/C17H19N3O4/c21-14-6-2-3-10-11(14)4-1-5-13(10)18-17(22)19-16-12-9-23-8-7-15(12)24-20-16/h2-3,6,13,21H,1,4-5,7-9H2,(H2,18,19,20,22). The molecule has 1 aromatic carbocycles. The molecule has 7 heteroatoms. The van der Waals surface area contributed by atoms with E-state index in [9.17, 15) is 9.90 Å². The SMILES string of the molecule is O=C(Nc1noc2c1COCC2)NC1CCCc2c(O)cccc21. The third kappa shape index (κ3) is 2.71. The van der Waals surface area contributed by atoms with Crippen LogP contribution in [0.4, 0.5) is 10.6 Å². The molecule has 0 spiro atoms. The quantitative estimate of drug-likeness (QED) is 0.787. The van der Waals surface area contributed by atoms with Crippen LogP contribution in [0, 0.1) is 0 Å². The van der Waals surface area contributed by atoms with Crippen molar-refractivity contribution in [2.24, 2.45) is 0 Å². The van der Waals surface area contributed by atoms with E-state index in [2.05, 4.69) is 15.8 Å². The minimum Gasteiger partial charge on any atom is -0.508 e. The minimum absolute atomic E-state index is 0.125. The molecule has 0 saturated heterocycles. The molecule has 0 bridgehead atoms. The predicted molar refractivity (Wildman–Crippen MR) is 85.8 cm³/mol. The minimum atomic E-state index is -0.335. The summed E-state index contributed by atoms with van der Waals surface area (Å²) in [6, 6.07) is 4.98. The van der Waals surface area contributed by atoms with Crippen molar-refractivity contribution in [3.8, 4) is 5.75 Å². The number of nitrogens with one attached hydrogen (secondary N) is 2. The fourth-order valence-electron chi connectivity index (χ4n) is 3.41. The molecule has 1 aliphatic carbocycles. The number of phenols is 1. The number of ether oxygens (including phenoxy) is 1. The summed E-state index contributed by atoms with van der Waals surface area (Å²) in [7, 11) is 0. The number of urea groups is 1. The molecule has 1 aliphatic heterocycles. The van der Waals surface area contributed by atoms with Gasteiger partial charge in [0.05, 0.1) is 24.8 Å². The van der Waals surface area contributed by atoms with Gasteiger partial charge in [-0.15, -0.1) is 0 Å². The molecule has 2 aromatic rings. The molecule has 0 fully saturated rings. The van der Waals surface area contributed by atoms with Crippen molar-refractivity contribution in [1.29, 1.82) is 0 Å². The zero-order chi connectivity index (χ0) is 16.5. The number of carbonyl (C=O) groups is 1. The first-order valence-corrected chi connectivity index (χ1v) is 8.16. The van der Waals surface area contributed by atoms with Gasteiger partial charge in [0.25, 0.3) is 0 Å². The van der Waals surface area contributed by atoms with Crippen LogP contribution in [0.2, 0.25) is 0 Å². The van der Waals surface area contributed by atoms with E-state index >= 15 is 0 Å². The Hall–Kier alpha value is -2.54. The number of hydrogen-bond donors (Lipinski definition) is 3. The van der Waals surface area contributed by atoms with Crippen LogP contribution in [0.25, 0.3) is 0 Å². The van der Waals surface area contributed by atoms with Gasteiger partial charge in [0.2, 0.25) is 0 Å². The van der Waals surface area contributed by atoms with Crippen LogP contribution in [0.1, 0.15) is 41.3 Å². The summed E-state index contributed by atoms with van der Waals surface area (Å²) in [6.45, 7) is 1.00. The van der Waals surface area contributed by atoms with E-state index in [1.54, 1.807) is 12.1 Å². The normalized spacial score (nSPS) is 19.2. The van der Waals surface area contributed by atoms with Crippen LogP contribution in [0.3, 0.4) is 0 Å². The van der Waals surface area contributed by atoms with Gasteiger partial charge < -0.3 is 19.7 Å². The highest BCUT2D eigenvalue weighted by Gasteiger charge is 2.25. The van der Waals surface area contributed by atoms with Crippen LogP contribution in [-0.4, -0.2) is 22.9 Å². The number of rotatable bonds is 2. The predicted octanol–water partition coefficient (Wildman–Crippen LogP) is 2.65. The van der Waals surface area contributed by atoms with Crippen LogP contribution in [-0.2, 0) is 24.2 Å². The first-order chi connectivity index (χ1) is 11.7. The number of fused-ring (bicyclic) bond motifs is 2. The van der Waals surface area contributed by atoms with E-state index in [-0.39, 0.29) is 12.1 Å². The molecule has 126 valence electrons. The summed E-state index contributed by atoms with van der Waals surface area (Å²) in [6.07, 6.45) is 3.25. The molecule has 0 saturated carbocycles. The highest BCUT2D eigenvalue weighted by molar-refractivity contribution is 5.89. The second kappa shape index (κ2) is 6.16. The summed E-state index contributed by atoms with van der Waals surface area (Å²) in [5, 5.41) is 19.6. The Morgan fingerprint density at radius 3 is 3.12 bits per heavy atom. The molecule has 3 N–H and O–H groups in total. The van der Waals surface area contributed by atoms with Crippen molar-refractivity contribution in [2.45, 2.75) is 38.3 Å². The van der Waals surface area contributed by atoms with Gasteiger partial charge >= 0.3 is 6.03 Å². The number of carbonyl (C=O) groups excluding carboxylic acids is 1. The molecule has 0 radical (unpaired) electrons. The Kier molecular flexibility index (Phi) is 3.86. The number of nitrogens with zero attached hydrogens (tertiary/aromatic N) is 1. The van der Waals surface area contributed by atoms with Crippen LogP contribution in [0.5, 0.6) is 5.75 Å². The maximum Gasteiger partial charge on any atom is 0.320 e. The first kappa shape index (κ1) is 15.0. The lowest BCUT2D eigenvalue weighted by molar-refractivity contribution is 0.103. The Balaban J connectivity index is 1.48. The van der Waals surface area contributed by atoms with E-state index < -0.39 is 0 Å². The van der Waals surface area contributed by atoms with Gasteiger partial charge in [0, 0.05) is 6.42 Å². The van der Waals surface area contributed by atoms with Crippen molar-refractivity contribution in [3.63, 3.8) is 0 Å². The fourth-order valence-corrected chi connectivity index (χ4v) is 3.41. The highest BCUT2D eigenvalue weighted by Crippen LogP contribution is 2.34. The number of amides is 2. The van der Waals surface area contributed by atoms with Gasteiger partial charge in [-0.3, -0.25) is 5.32 Å². The molecule has 2 aliphatic rings. The Morgan fingerprint density at radius 2 is 2.21 bits per heavy atom. The number of phenolic OH excluding ortho intramolecular Hbond substituents is 1. The van der Waals surface area contributed by atoms with Gasteiger partial charge in [-0.2, -0.15) is 0 Å². The van der Waals surface area contributed by atoms with E-state index in [4.69, 9.17) is 9.26 Å². The Morgan fingerprint density at radius 1 is 1.29 bits per heavy atom. The van der Waals surface area contributed by atoms with Crippen LogP contribution < -0.4 is 10.6 Å². The second-order valence-corrected chi connectivity index (χ2v) is 6.12. The zero-order valence-corrected chi connectivity index (χ0v) is 13.2. The fraction of sp³-hybridized carbons (Fsp3) is 0.412. The molecule has 2 heterocycles. The van der Waals surface area contributed by atoms with Gasteiger partial charge in [0.15, 0.2) is 5.82 Å². The molecule has 1 atom stereocenters. The van der Waals surface area contributed by atoms with Crippen molar-refractivity contribution in [2.75, 3.05) is 11.9 Å². The molecule has 24 heavy (non-hydrogen) atoms. The number of benzene rings is 1. The summed E-state index contributed by atoms with van der Waals surface area (Å²) in [4.78, 5) is 12.4. The van der Waals surface area contributed by atoms with E-state index in [1.165, 1.54) is 0 Å². The molecule has 1 unspecified atom stereocenters. The third-order valence-corrected chi connectivity index (χ3v) is 4.61. The lowest BCUT2D eigenvalue weighted by Crippen LogP contribution is -2.34. The molecule has 1 aromatic heterocycles. The lowest BCUT2D eigenvalue weighted by Gasteiger charge is -2.26. The van der Waals surface area contributed by atoms with Crippen molar-refractivity contribution in [3.05, 3.63) is 40.6 Å². The van der Waals surface area contributed by atoms with Gasteiger partial charge in [-0.25, -0.2) is 4.79 Å². The summed E-state index contributed by atoms with van der Waals surface area (Å²) >= 11 is 0. The van der Waals surface area contributed by atoms with Crippen molar-refractivity contribution in [1.82, 2.24) is 10.5 Å². The maximum absolute atomic E-state index is 12.4. The number of hydrogen-bond acceptors (Lipinski definition) is 5. The average molecular weight is 329 g/mol. The highest BCUT2D eigenvalue weighted by atomic mass is 16.5. The van der Waals surface area contributed by atoms with Gasteiger partial charge in [0.1, 0.15) is 11.5 Å². The summed E-state index contributed by atoms with van der Waals surface area (Å²) in [5.41, 5.74) is 2.70. The molecule has 7 nitrogen and oxygen atoms in total. The van der Waals surface area contributed by atoms with Crippen LogP contribution >= 0.6 is 0 Å². The van der Waals surface area contributed by atoms with Gasteiger partial charge in [-0.05, 0) is 36.5 Å². The molecular formula is C17H19N3O4. The van der Waals surface area contributed by atoms with Crippen molar-refractivity contribution >= 4 is 11.8 Å². The van der Waals surface area contributed by atoms with Gasteiger partial charge in [-0.1, -0.05) is 17.3 Å². The smallest absolute Gasteiger partial charge is 0.320 e. The largest absolute Gasteiger partial charge is 0.508 e. The Bertz CT molecular complexity index is 771. The Labute approximate surface area is 139 Å². The average Bonchev–Trinajstić information content (AvgIpc) is 2.99. The lowest BCUT2D eigenvalue weighted by atomic mass is 9.87. The van der Waals surface area contributed by atoms with Crippen LogP contribution in [0.15, 0.2) is 22.7 Å².